The number of hydrogen-bond acceptors (Lipinski definition) is 3. The van der Waals surface area contributed by atoms with E-state index in [1.165, 1.54) is 24.5 Å². The molecular formula is C12H8ClN3O2. The number of benzene rings is 1. The molecule has 2 aromatic rings. The normalized spacial score (nSPS) is 9.83. The first-order valence-corrected chi connectivity index (χ1v) is 5.38. The number of nitrogens with zero attached hydrogens (tertiary/aromatic N) is 2. The molecule has 0 bridgehead atoms. The van der Waals surface area contributed by atoms with Gasteiger partial charge in [-0.3, -0.25) is 4.79 Å². The van der Waals surface area contributed by atoms with Gasteiger partial charge in [0, 0.05) is 5.02 Å². The summed E-state index contributed by atoms with van der Waals surface area (Å²) in [7, 11) is 0. The van der Waals surface area contributed by atoms with E-state index in [2.05, 4.69) is 14.8 Å². The van der Waals surface area contributed by atoms with Gasteiger partial charge in [0.25, 0.3) is 5.56 Å². The summed E-state index contributed by atoms with van der Waals surface area (Å²) in [6.45, 7) is 8.59. The second-order valence-corrected chi connectivity index (χ2v) is 3.94. The van der Waals surface area contributed by atoms with Gasteiger partial charge in [-0.25, -0.2) is 9.83 Å². The van der Waals surface area contributed by atoms with Crippen molar-refractivity contribution in [3.8, 4) is 11.5 Å². The molecule has 0 spiro atoms. The van der Waals surface area contributed by atoms with Gasteiger partial charge in [0.05, 0.1) is 18.6 Å². The molecule has 6 heteroatoms. The van der Waals surface area contributed by atoms with Crippen molar-refractivity contribution in [2.24, 2.45) is 0 Å². The Balaban J connectivity index is 2.44. The van der Waals surface area contributed by atoms with Crippen molar-refractivity contribution in [3.63, 3.8) is 0 Å². The number of nitrogens with one attached hydrogen (secondary N) is 1. The van der Waals surface area contributed by atoms with Crippen molar-refractivity contribution >= 4 is 17.3 Å². The number of H-pyrrole nitrogens is 1. The fraction of sp³-hybridized carbons (Fsp3) is 0.0833. The molecule has 1 heterocycles. The van der Waals surface area contributed by atoms with E-state index in [0.717, 1.165) is 0 Å². The van der Waals surface area contributed by atoms with Crippen LogP contribution in [0.4, 0.5) is 5.69 Å². The first kappa shape index (κ1) is 12.1. The molecule has 5 nitrogen and oxygen atoms in total. The lowest BCUT2D eigenvalue weighted by molar-refractivity contribution is 0.467. The molecule has 0 atom stereocenters. The third-order valence-corrected chi connectivity index (χ3v) is 2.41. The van der Waals surface area contributed by atoms with Crippen LogP contribution < -0.4 is 10.3 Å². The van der Waals surface area contributed by atoms with Crippen molar-refractivity contribution in [1.82, 2.24) is 9.97 Å². The molecule has 1 aromatic heterocycles. The number of ether oxygens (including phenoxy) is 1. The number of aromatic nitrogens is 2. The Hall–Kier alpha value is -2.32. The monoisotopic (exact) mass is 261 g/mol. The van der Waals surface area contributed by atoms with Gasteiger partial charge in [-0.2, -0.15) is 0 Å². The Morgan fingerprint density at radius 1 is 1.44 bits per heavy atom. The number of halogens is 1. The topological polar surface area (TPSA) is 59.3 Å². The Bertz CT molecular complexity index is 688. The van der Waals surface area contributed by atoms with Crippen LogP contribution in [0.15, 0.2) is 29.3 Å². The smallest absolute Gasteiger partial charge is 0.294 e. The average molecular weight is 262 g/mol. The van der Waals surface area contributed by atoms with Gasteiger partial charge in [-0.05, 0) is 25.1 Å². The first-order chi connectivity index (χ1) is 8.60. The number of aryl methyl sites for hydroxylation is 1. The van der Waals surface area contributed by atoms with Gasteiger partial charge in [0.2, 0.25) is 5.75 Å². The summed E-state index contributed by atoms with van der Waals surface area (Å²) in [4.78, 5) is 21.2. The lowest BCUT2D eigenvalue weighted by Gasteiger charge is -2.07. The quantitative estimate of drug-likeness (QED) is 0.845. The molecule has 0 radical (unpaired) electrons. The van der Waals surface area contributed by atoms with Gasteiger partial charge in [0.1, 0.15) is 5.75 Å². The molecular weight excluding hydrogens is 254 g/mol. The zero-order valence-corrected chi connectivity index (χ0v) is 10.2. The molecule has 18 heavy (non-hydrogen) atoms. The molecule has 1 N–H and O–H groups in total. The Morgan fingerprint density at radius 2 is 2.22 bits per heavy atom. The number of aromatic amines is 1. The molecule has 0 saturated carbocycles. The maximum Gasteiger partial charge on any atom is 0.294 e. The third-order valence-electron chi connectivity index (χ3n) is 2.19. The zero-order valence-electron chi connectivity index (χ0n) is 9.40. The molecule has 0 fully saturated rings. The van der Waals surface area contributed by atoms with E-state index in [4.69, 9.17) is 22.9 Å². The van der Waals surface area contributed by atoms with Gasteiger partial charge in [0.15, 0.2) is 5.69 Å². The average Bonchev–Trinajstić information content (AvgIpc) is 2.33. The van der Waals surface area contributed by atoms with E-state index in [1.807, 2.05) is 0 Å². The predicted molar refractivity (Wildman–Crippen MR) is 67.4 cm³/mol. The van der Waals surface area contributed by atoms with Crippen LogP contribution in [0.3, 0.4) is 0 Å². The van der Waals surface area contributed by atoms with Crippen LogP contribution in [0.1, 0.15) is 5.69 Å². The molecule has 0 unspecified atom stereocenters. The van der Waals surface area contributed by atoms with E-state index in [9.17, 15) is 4.79 Å². The van der Waals surface area contributed by atoms with Crippen LogP contribution >= 0.6 is 11.6 Å². The summed E-state index contributed by atoms with van der Waals surface area (Å²) in [5, 5.41) is 0.372. The highest BCUT2D eigenvalue weighted by Gasteiger charge is 2.08. The fourth-order valence-corrected chi connectivity index (χ4v) is 1.60. The summed E-state index contributed by atoms with van der Waals surface area (Å²) in [6, 6.07) is 4.55. The SMILES string of the molecule is [C-]#[N+]c1cc(Cl)cc(Oc2c(C)nc[nH]c2=O)c1. The molecule has 0 saturated heterocycles. The largest absolute Gasteiger partial charge is 0.451 e. The Morgan fingerprint density at radius 3 is 2.89 bits per heavy atom. The maximum absolute atomic E-state index is 11.6. The molecule has 0 amide bonds. The van der Waals surface area contributed by atoms with Crippen molar-refractivity contribution in [1.29, 1.82) is 0 Å². The molecule has 0 aliphatic carbocycles. The summed E-state index contributed by atoms with van der Waals surface area (Å²) < 4.78 is 5.43. The van der Waals surface area contributed by atoms with Crippen molar-refractivity contribution in [2.75, 3.05) is 0 Å². The van der Waals surface area contributed by atoms with Crippen LogP contribution in [0, 0.1) is 13.5 Å². The first-order valence-electron chi connectivity index (χ1n) is 5.00. The van der Waals surface area contributed by atoms with Crippen molar-refractivity contribution in [2.45, 2.75) is 6.92 Å². The minimum atomic E-state index is -0.383. The molecule has 1 aromatic carbocycles. The lowest BCUT2D eigenvalue weighted by atomic mass is 10.3. The van der Waals surface area contributed by atoms with Crippen LogP contribution in [-0.4, -0.2) is 9.97 Å². The molecule has 90 valence electrons. The zero-order chi connectivity index (χ0) is 13.1. The van der Waals surface area contributed by atoms with E-state index >= 15 is 0 Å². The summed E-state index contributed by atoms with van der Waals surface area (Å²) in [6.07, 6.45) is 1.30. The van der Waals surface area contributed by atoms with Gasteiger partial charge in [-0.15, -0.1) is 0 Å². The predicted octanol–water partition coefficient (Wildman–Crippen LogP) is 3.07. The number of hydrogen-bond donors (Lipinski definition) is 1. The van der Waals surface area contributed by atoms with E-state index < -0.39 is 0 Å². The molecule has 0 aliphatic rings. The van der Waals surface area contributed by atoms with Crippen LogP contribution in [-0.2, 0) is 0 Å². The second-order valence-electron chi connectivity index (χ2n) is 3.51. The summed E-state index contributed by atoms with van der Waals surface area (Å²) >= 11 is 5.85. The van der Waals surface area contributed by atoms with Gasteiger partial charge in [-0.1, -0.05) is 11.6 Å². The van der Waals surface area contributed by atoms with E-state index in [-0.39, 0.29) is 11.3 Å². The summed E-state index contributed by atoms with van der Waals surface area (Å²) in [5.74, 6) is 0.422. The minimum absolute atomic E-state index is 0.0932. The highest BCUT2D eigenvalue weighted by molar-refractivity contribution is 6.31. The van der Waals surface area contributed by atoms with E-state index in [0.29, 0.717) is 22.2 Å². The van der Waals surface area contributed by atoms with Crippen molar-refractivity contribution < 1.29 is 4.74 Å². The Kier molecular flexibility index (Phi) is 3.31. The number of rotatable bonds is 2. The highest BCUT2D eigenvalue weighted by atomic mass is 35.5. The standard InChI is InChI=1S/C12H8ClN3O2/c1-7-11(12(17)16-6-15-7)18-10-4-8(13)3-9(5-10)14-2/h3-6H,1H3,(H,15,16,17). The molecule has 2 rings (SSSR count). The maximum atomic E-state index is 11.6. The highest BCUT2D eigenvalue weighted by Crippen LogP contribution is 2.29. The minimum Gasteiger partial charge on any atom is -0.451 e. The molecule has 0 aliphatic heterocycles. The Labute approximate surface area is 108 Å². The van der Waals surface area contributed by atoms with Crippen LogP contribution in [0.25, 0.3) is 4.85 Å². The van der Waals surface area contributed by atoms with Gasteiger partial charge < -0.3 is 9.72 Å². The van der Waals surface area contributed by atoms with E-state index in [1.54, 1.807) is 6.92 Å². The third kappa shape index (κ3) is 2.50. The van der Waals surface area contributed by atoms with Crippen LogP contribution in [0.2, 0.25) is 5.02 Å². The second kappa shape index (κ2) is 4.90. The fourth-order valence-electron chi connectivity index (χ4n) is 1.39. The van der Waals surface area contributed by atoms with Gasteiger partial charge >= 0.3 is 0 Å². The summed E-state index contributed by atoms with van der Waals surface area (Å²) in [5.41, 5.74) is 0.422. The lowest BCUT2D eigenvalue weighted by Crippen LogP contribution is -2.10. The van der Waals surface area contributed by atoms with Crippen molar-refractivity contribution in [3.05, 3.63) is 57.0 Å². The van der Waals surface area contributed by atoms with Crippen LogP contribution in [0.5, 0.6) is 11.5 Å².